The number of benzene rings is 2. The molecule has 0 fully saturated rings. The summed E-state index contributed by atoms with van der Waals surface area (Å²) < 4.78 is 1.81. The monoisotopic (exact) mass is 362 g/mol. The first-order valence-corrected chi connectivity index (χ1v) is 9.16. The Bertz CT molecular complexity index is 843. The van der Waals surface area contributed by atoms with Gasteiger partial charge in [-0.25, -0.2) is 0 Å². The molecule has 0 aliphatic carbocycles. The first-order valence-electron chi connectivity index (χ1n) is 9.16. The molecule has 0 bridgehead atoms. The lowest BCUT2D eigenvalue weighted by Crippen LogP contribution is -2.36. The zero-order chi connectivity index (χ0) is 19.1. The minimum atomic E-state index is 0.0139. The Morgan fingerprint density at radius 2 is 1.56 bits per heavy atom. The normalized spacial score (nSPS) is 10.9. The molecule has 0 aliphatic rings. The number of hydrogen-bond acceptors (Lipinski definition) is 3. The van der Waals surface area contributed by atoms with E-state index in [2.05, 4.69) is 34.3 Å². The van der Waals surface area contributed by atoms with Crippen LogP contribution < -0.4 is 0 Å². The minimum absolute atomic E-state index is 0.0139. The van der Waals surface area contributed by atoms with Crippen molar-refractivity contribution < 1.29 is 4.79 Å². The van der Waals surface area contributed by atoms with Crippen molar-refractivity contribution in [1.82, 2.24) is 19.6 Å². The van der Waals surface area contributed by atoms with Crippen LogP contribution in [0.2, 0.25) is 0 Å². The van der Waals surface area contributed by atoms with Gasteiger partial charge in [-0.05, 0) is 25.2 Å². The summed E-state index contributed by atoms with van der Waals surface area (Å²) in [6.07, 6.45) is 3.50. The van der Waals surface area contributed by atoms with E-state index in [0.717, 1.165) is 17.7 Å². The van der Waals surface area contributed by atoms with E-state index in [1.54, 1.807) is 6.20 Å². The second-order valence-electron chi connectivity index (χ2n) is 6.93. The maximum atomic E-state index is 13.1. The van der Waals surface area contributed by atoms with E-state index in [0.29, 0.717) is 25.2 Å². The van der Waals surface area contributed by atoms with Gasteiger partial charge in [0.15, 0.2) is 0 Å². The van der Waals surface area contributed by atoms with E-state index in [1.165, 1.54) is 0 Å². The van der Waals surface area contributed by atoms with Crippen molar-refractivity contribution in [3.05, 3.63) is 89.7 Å². The molecule has 5 heteroatoms. The van der Waals surface area contributed by atoms with Gasteiger partial charge in [-0.1, -0.05) is 60.7 Å². The molecule has 2 aromatic carbocycles. The van der Waals surface area contributed by atoms with Crippen molar-refractivity contribution >= 4 is 5.91 Å². The van der Waals surface area contributed by atoms with Gasteiger partial charge < -0.3 is 9.80 Å². The van der Waals surface area contributed by atoms with Crippen LogP contribution in [0.15, 0.2) is 73.1 Å². The van der Waals surface area contributed by atoms with E-state index >= 15 is 0 Å². The predicted octanol–water partition coefficient (Wildman–Crippen LogP) is 3.14. The van der Waals surface area contributed by atoms with Crippen LogP contribution >= 0.6 is 0 Å². The minimum Gasteiger partial charge on any atom is -0.333 e. The third-order valence-electron chi connectivity index (χ3n) is 4.39. The Morgan fingerprint density at radius 1 is 0.926 bits per heavy atom. The molecule has 140 valence electrons. The molecular formula is C22H26N4O. The van der Waals surface area contributed by atoms with Crippen LogP contribution in [-0.2, 0) is 13.1 Å². The molecule has 0 radical (unpaired) electrons. The molecule has 5 nitrogen and oxygen atoms in total. The standard InChI is InChI=1S/C22H26N4O/c1-24(2)13-14-25(16-19-9-5-3-6-10-19)22(27)21-15-23-26(18-21)17-20-11-7-4-8-12-20/h3-12,15,18H,13-14,16-17H2,1-2H3. The van der Waals surface area contributed by atoms with Gasteiger partial charge in [0, 0.05) is 25.8 Å². The molecule has 1 amide bonds. The van der Waals surface area contributed by atoms with Gasteiger partial charge in [-0.2, -0.15) is 5.10 Å². The smallest absolute Gasteiger partial charge is 0.257 e. The summed E-state index contributed by atoms with van der Waals surface area (Å²) in [4.78, 5) is 17.1. The summed E-state index contributed by atoms with van der Waals surface area (Å²) in [6.45, 7) is 2.74. The lowest BCUT2D eigenvalue weighted by atomic mass is 10.2. The van der Waals surface area contributed by atoms with Gasteiger partial charge in [-0.15, -0.1) is 0 Å². The van der Waals surface area contributed by atoms with Crippen molar-refractivity contribution in [2.24, 2.45) is 0 Å². The van der Waals surface area contributed by atoms with Crippen LogP contribution in [0.5, 0.6) is 0 Å². The number of nitrogens with zero attached hydrogens (tertiary/aromatic N) is 4. The SMILES string of the molecule is CN(C)CCN(Cc1ccccc1)C(=O)c1cnn(Cc2ccccc2)c1. The fourth-order valence-corrected chi connectivity index (χ4v) is 2.89. The molecule has 1 aromatic heterocycles. The predicted molar refractivity (Wildman–Crippen MR) is 108 cm³/mol. The molecule has 0 N–H and O–H groups in total. The number of hydrogen-bond donors (Lipinski definition) is 0. The Kier molecular flexibility index (Phi) is 6.39. The van der Waals surface area contributed by atoms with Crippen LogP contribution in [0.25, 0.3) is 0 Å². The first-order chi connectivity index (χ1) is 13.1. The topological polar surface area (TPSA) is 41.4 Å². The van der Waals surface area contributed by atoms with Crippen molar-refractivity contribution in [2.45, 2.75) is 13.1 Å². The third kappa shape index (κ3) is 5.53. The molecule has 3 rings (SSSR count). The lowest BCUT2D eigenvalue weighted by molar-refractivity contribution is 0.0732. The van der Waals surface area contributed by atoms with Gasteiger partial charge in [0.05, 0.1) is 18.3 Å². The second-order valence-corrected chi connectivity index (χ2v) is 6.93. The second kappa shape index (κ2) is 9.14. The quantitative estimate of drug-likeness (QED) is 0.618. The van der Waals surface area contributed by atoms with Gasteiger partial charge in [0.25, 0.3) is 5.91 Å². The van der Waals surface area contributed by atoms with E-state index in [1.807, 2.05) is 66.3 Å². The summed E-state index contributed by atoms with van der Waals surface area (Å²) in [6, 6.07) is 20.2. The Balaban J connectivity index is 1.72. The molecular weight excluding hydrogens is 336 g/mol. The molecule has 0 spiro atoms. The zero-order valence-electron chi connectivity index (χ0n) is 16.0. The maximum Gasteiger partial charge on any atom is 0.257 e. The highest BCUT2D eigenvalue weighted by Gasteiger charge is 2.18. The number of carbonyl (C=O) groups is 1. The lowest BCUT2D eigenvalue weighted by Gasteiger charge is -2.24. The van der Waals surface area contributed by atoms with Crippen molar-refractivity contribution in [3.63, 3.8) is 0 Å². The average molecular weight is 362 g/mol. The summed E-state index contributed by atoms with van der Waals surface area (Å²) in [5.41, 5.74) is 2.91. The zero-order valence-corrected chi connectivity index (χ0v) is 16.0. The summed E-state index contributed by atoms with van der Waals surface area (Å²) in [5, 5.41) is 4.38. The molecule has 27 heavy (non-hydrogen) atoms. The Labute approximate surface area is 160 Å². The van der Waals surface area contributed by atoms with Gasteiger partial charge in [0.1, 0.15) is 0 Å². The number of amides is 1. The number of aromatic nitrogens is 2. The Morgan fingerprint density at radius 3 is 2.19 bits per heavy atom. The van der Waals surface area contributed by atoms with Gasteiger partial charge in [-0.3, -0.25) is 9.48 Å². The highest BCUT2D eigenvalue weighted by molar-refractivity contribution is 5.93. The van der Waals surface area contributed by atoms with Crippen molar-refractivity contribution in [3.8, 4) is 0 Å². The van der Waals surface area contributed by atoms with E-state index in [9.17, 15) is 4.79 Å². The summed E-state index contributed by atoms with van der Waals surface area (Å²) in [7, 11) is 4.03. The maximum absolute atomic E-state index is 13.1. The van der Waals surface area contributed by atoms with Crippen LogP contribution in [0, 0.1) is 0 Å². The largest absolute Gasteiger partial charge is 0.333 e. The van der Waals surface area contributed by atoms with E-state index in [-0.39, 0.29) is 5.91 Å². The molecule has 0 saturated heterocycles. The van der Waals surface area contributed by atoms with Gasteiger partial charge in [0.2, 0.25) is 0 Å². The summed E-state index contributed by atoms with van der Waals surface area (Å²) in [5.74, 6) is 0.0139. The molecule has 0 unspecified atom stereocenters. The number of likely N-dealkylation sites (N-methyl/N-ethyl adjacent to an activating group) is 1. The number of carbonyl (C=O) groups excluding carboxylic acids is 1. The molecule has 0 saturated carbocycles. The molecule has 3 aromatic rings. The van der Waals surface area contributed by atoms with Crippen LogP contribution in [0.3, 0.4) is 0 Å². The van der Waals surface area contributed by atoms with Crippen molar-refractivity contribution in [1.29, 1.82) is 0 Å². The Hall–Kier alpha value is -2.92. The molecule has 0 aliphatic heterocycles. The highest BCUT2D eigenvalue weighted by atomic mass is 16.2. The fraction of sp³-hybridized carbons (Fsp3) is 0.273. The van der Waals surface area contributed by atoms with E-state index in [4.69, 9.17) is 0 Å². The van der Waals surface area contributed by atoms with Gasteiger partial charge >= 0.3 is 0 Å². The van der Waals surface area contributed by atoms with Crippen molar-refractivity contribution in [2.75, 3.05) is 27.2 Å². The average Bonchev–Trinajstić information content (AvgIpc) is 3.14. The van der Waals surface area contributed by atoms with Crippen LogP contribution in [0.4, 0.5) is 0 Å². The third-order valence-corrected chi connectivity index (χ3v) is 4.39. The molecule has 1 heterocycles. The highest BCUT2D eigenvalue weighted by Crippen LogP contribution is 2.11. The van der Waals surface area contributed by atoms with Crippen LogP contribution in [0.1, 0.15) is 21.5 Å². The summed E-state index contributed by atoms with van der Waals surface area (Å²) >= 11 is 0. The van der Waals surface area contributed by atoms with E-state index < -0.39 is 0 Å². The van der Waals surface area contributed by atoms with Crippen LogP contribution in [-0.4, -0.2) is 52.7 Å². The molecule has 0 atom stereocenters. The fourth-order valence-electron chi connectivity index (χ4n) is 2.89. The number of rotatable bonds is 8. The first kappa shape index (κ1) is 18.9.